The van der Waals surface area contributed by atoms with Gasteiger partial charge in [0.25, 0.3) is 0 Å². The number of hydrogen-bond donors (Lipinski definition) is 1. The minimum atomic E-state index is -1.09. The number of fused-ring (bicyclic) bond motifs is 5. The van der Waals surface area contributed by atoms with E-state index in [1.807, 2.05) is 31.2 Å². The van der Waals surface area contributed by atoms with Crippen molar-refractivity contribution in [3.63, 3.8) is 0 Å². The van der Waals surface area contributed by atoms with Crippen LogP contribution in [0.5, 0.6) is 5.75 Å². The molecule has 1 saturated heterocycles. The molecule has 0 amide bonds. The first-order valence-corrected chi connectivity index (χ1v) is 10.6. The van der Waals surface area contributed by atoms with Crippen LogP contribution in [-0.2, 0) is 25.2 Å². The van der Waals surface area contributed by atoms with E-state index in [0.29, 0.717) is 12.6 Å². The molecule has 5 rings (SSSR count). The standard InChI is InChI=1S/C23H27FN4O2/c1-23(29,15-5-7-16(30-2)8-6-15)14-28-18-9-11-27-10-3-4-17(27)21(18)22-19(28)13-25-20(12-24)26-22/h5-8,13,17,29H,3-4,9-12,14H2,1-2H3. The first kappa shape index (κ1) is 19.5. The van der Waals surface area contributed by atoms with Crippen LogP contribution in [0.25, 0.3) is 11.0 Å². The minimum absolute atomic E-state index is 0.222. The highest BCUT2D eigenvalue weighted by atomic mass is 19.1. The Morgan fingerprint density at radius 2 is 2.07 bits per heavy atom. The third-order valence-electron chi connectivity index (χ3n) is 6.63. The van der Waals surface area contributed by atoms with Crippen molar-refractivity contribution in [2.24, 2.45) is 0 Å². The topological polar surface area (TPSA) is 63.4 Å². The van der Waals surface area contributed by atoms with Crippen LogP contribution in [0.4, 0.5) is 4.39 Å². The Hall–Kier alpha value is -2.51. The molecule has 6 nitrogen and oxygen atoms in total. The molecule has 1 N–H and O–H groups in total. The summed E-state index contributed by atoms with van der Waals surface area (Å²) in [6.07, 6.45) is 4.88. The summed E-state index contributed by atoms with van der Waals surface area (Å²) in [5.74, 6) is 0.978. The lowest BCUT2D eigenvalue weighted by molar-refractivity contribution is 0.0383. The number of nitrogens with zero attached hydrogens (tertiary/aromatic N) is 4. The van der Waals surface area contributed by atoms with Crippen molar-refractivity contribution < 1.29 is 14.2 Å². The lowest BCUT2D eigenvalue weighted by Crippen LogP contribution is -2.33. The van der Waals surface area contributed by atoms with E-state index in [1.165, 1.54) is 17.7 Å². The fraction of sp³-hybridized carbons (Fsp3) is 0.478. The normalized spacial score (nSPS) is 20.7. The van der Waals surface area contributed by atoms with Crippen LogP contribution in [0.2, 0.25) is 0 Å². The van der Waals surface area contributed by atoms with Crippen LogP contribution in [-0.4, -0.2) is 44.7 Å². The highest BCUT2D eigenvalue weighted by Crippen LogP contribution is 2.43. The van der Waals surface area contributed by atoms with Gasteiger partial charge in [0, 0.05) is 30.3 Å². The molecule has 1 aromatic carbocycles. The number of rotatable bonds is 5. The molecule has 4 heterocycles. The van der Waals surface area contributed by atoms with E-state index in [-0.39, 0.29) is 5.82 Å². The van der Waals surface area contributed by atoms with Crippen LogP contribution in [0, 0.1) is 0 Å². The molecular weight excluding hydrogens is 383 g/mol. The largest absolute Gasteiger partial charge is 0.497 e. The summed E-state index contributed by atoms with van der Waals surface area (Å²) >= 11 is 0. The van der Waals surface area contributed by atoms with Gasteiger partial charge in [0.05, 0.1) is 30.9 Å². The SMILES string of the molecule is COc1ccc(C(C)(O)Cn2c3c(c4nc(CF)ncc42)C2CCCN2CC3)cc1. The molecule has 1 fully saturated rings. The van der Waals surface area contributed by atoms with E-state index in [1.54, 1.807) is 13.3 Å². The van der Waals surface area contributed by atoms with Crippen molar-refractivity contribution in [2.45, 2.75) is 51.0 Å². The summed E-state index contributed by atoms with van der Waals surface area (Å²) in [4.78, 5) is 11.3. The third-order valence-corrected chi connectivity index (χ3v) is 6.63. The van der Waals surface area contributed by atoms with Crippen molar-refractivity contribution in [3.8, 4) is 5.75 Å². The second-order valence-corrected chi connectivity index (χ2v) is 8.55. The Kier molecular flexibility index (Phi) is 4.75. The number of alkyl halides is 1. The van der Waals surface area contributed by atoms with Gasteiger partial charge in [-0.3, -0.25) is 4.90 Å². The van der Waals surface area contributed by atoms with Gasteiger partial charge in [-0.2, -0.15) is 0 Å². The Balaban J connectivity index is 1.62. The second kappa shape index (κ2) is 7.32. The molecule has 0 bridgehead atoms. The third kappa shape index (κ3) is 3.08. The van der Waals surface area contributed by atoms with E-state index >= 15 is 0 Å². The summed E-state index contributed by atoms with van der Waals surface area (Å²) < 4.78 is 20.7. The lowest BCUT2D eigenvalue weighted by Gasteiger charge is -2.32. The molecule has 2 aliphatic rings. The summed E-state index contributed by atoms with van der Waals surface area (Å²) in [6, 6.07) is 7.84. The number of methoxy groups -OCH3 is 1. The first-order chi connectivity index (χ1) is 14.5. The maximum atomic E-state index is 13.3. The molecule has 0 aliphatic carbocycles. The van der Waals surface area contributed by atoms with E-state index in [9.17, 15) is 9.50 Å². The molecule has 3 aromatic rings. The summed E-state index contributed by atoms with van der Waals surface area (Å²) in [7, 11) is 1.63. The quantitative estimate of drug-likeness (QED) is 0.697. The number of ether oxygens (including phenoxy) is 1. The molecular formula is C23H27FN4O2. The molecule has 2 atom stereocenters. The molecule has 0 radical (unpaired) electrons. The number of aromatic nitrogens is 3. The Morgan fingerprint density at radius 1 is 1.27 bits per heavy atom. The van der Waals surface area contributed by atoms with Gasteiger partial charge in [0.15, 0.2) is 5.82 Å². The van der Waals surface area contributed by atoms with Crippen LogP contribution >= 0.6 is 0 Å². The first-order valence-electron chi connectivity index (χ1n) is 10.6. The average molecular weight is 410 g/mol. The molecule has 0 spiro atoms. The van der Waals surface area contributed by atoms with Crippen molar-refractivity contribution in [2.75, 3.05) is 20.2 Å². The zero-order valence-electron chi connectivity index (χ0n) is 17.4. The molecule has 158 valence electrons. The fourth-order valence-electron chi connectivity index (χ4n) is 5.12. The maximum absolute atomic E-state index is 13.3. The minimum Gasteiger partial charge on any atom is -0.497 e. The van der Waals surface area contributed by atoms with Gasteiger partial charge in [0.2, 0.25) is 0 Å². The monoisotopic (exact) mass is 410 g/mol. The summed E-state index contributed by atoms with van der Waals surface area (Å²) in [6.45, 7) is 3.64. The zero-order valence-corrected chi connectivity index (χ0v) is 17.4. The summed E-state index contributed by atoms with van der Waals surface area (Å²) in [5.41, 5.74) is 3.86. The van der Waals surface area contributed by atoms with Gasteiger partial charge < -0.3 is 14.4 Å². The van der Waals surface area contributed by atoms with Crippen LogP contribution in [0.15, 0.2) is 30.5 Å². The smallest absolute Gasteiger partial charge is 0.160 e. The Bertz CT molecular complexity index is 1080. The molecule has 2 unspecified atom stereocenters. The highest BCUT2D eigenvalue weighted by molar-refractivity contribution is 5.82. The molecule has 30 heavy (non-hydrogen) atoms. The fourth-order valence-corrected chi connectivity index (χ4v) is 5.12. The predicted octanol–water partition coefficient (Wildman–Crippen LogP) is 3.51. The van der Waals surface area contributed by atoms with Crippen molar-refractivity contribution in [1.29, 1.82) is 0 Å². The van der Waals surface area contributed by atoms with Crippen LogP contribution in [0.3, 0.4) is 0 Å². The van der Waals surface area contributed by atoms with Crippen molar-refractivity contribution in [3.05, 3.63) is 53.1 Å². The van der Waals surface area contributed by atoms with Crippen LogP contribution in [0.1, 0.15) is 48.5 Å². The maximum Gasteiger partial charge on any atom is 0.160 e. The molecule has 0 saturated carbocycles. The molecule has 7 heteroatoms. The van der Waals surface area contributed by atoms with Crippen molar-refractivity contribution in [1.82, 2.24) is 19.4 Å². The van der Waals surface area contributed by atoms with Crippen LogP contribution < -0.4 is 4.74 Å². The lowest BCUT2D eigenvalue weighted by atomic mass is 9.95. The molecule has 2 aliphatic heterocycles. The van der Waals surface area contributed by atoms with E-state index < -0.39 is 12.3 Å². The van der Waals surface area contributed by atoms with E-state index in [4.69, 9.17) is 4.74 Å². The number of hydrogen-bond acceptors (Lipinski definition) is 5. The number of aliphatic hydroxyl groups is 1. The Labute approximate surface area is 175 Å². The van der Waals surface area contributed by atoms with Crippen molar-refractivity contribution >= 4 is 11.0 Å². The number of benzene rings is 1. The van der Waals surface area contributed by atoms with Gasteiger partial charge in [-0.1, -0.05) is 12.1 Å². The van der Waals surface area contributed by atoms with Gasteiger partial charge in [-0.05, 0) is 44.0 Å². The second-order valence-electron chi connectivity index (χ2n) is 8.55. The summed E-state index contributed by atoms with van der Waals surface area (Å²) in [5, 5.41) is 11.4. The molecule has 2 aromatic heterocycles. The van der Waals surface area contributed by atoms with E-state index in [2.05, 4.69) is 19.4 Å². The average Bonchev–Trinajstić information content (AvgIpc) is 3.36. The number of halogens is 1. The Morgan fingerprint density at radius 3 is 2.80 bits per heavy atom. The van der Waals surface area contributed by atoms with Gasteiger partial charge >= 0.3 is 0 Å². The van der Waals surface area contributed by atoms with E-state index in [0.717, 1.165) is 48.3 Å². The predicted molar refractivity (Wildman–Crippen MR) is 112 cm³/mol. The van der Waals surface area contributed by atoms with Gasteiger partial charge in [-0.25, -0.2) is 14.4 Å². The van der Waals surface area contributed by atoms with Gasteiger partial charge in [-0.15, -0.1) is 0 Å². The van der Waals surface area contributed by atoms with Gasteiger partial charge in [0.1, 0.15) is 18.0 Å². The highest BCUT2D eigenvalue weighted by Gasteiger charge is 2.37. The zero-order chi connectivity index (χ0) is 20.9.